The monoisotopic (exact) mass is 322 g/mol. The Balaban J connectivity index is 1.89. The normalized spacial score (nSPS) is 20.2. The number of anilines is 1. The van der Waals surface area contributed by atoms with Crippen LogP contribution in [-0.4, -0.2) is 19.2 Å². The summed E-state index contributed by atoms with van der Waals surface area (Å²) in [5.74, 6) is 0.0940. The van der Waals surface area contributed by atoms with Crippen molar-refractivity contribution >= 4 is 26.3 Å². The van der Waals surface area contributed by atoms with Crippen molar-refractivity contribution in [3.05, 3.63) is 40.9 Å². The molecule has 3 rings (SSSR count). The Kier molecular flexibility index (Phi) is 3.33. The van der Waals surface area contributed by atoms with Gasteiger partial charge in [-0.05, 0) is 11.6 Å². The van der Waals surface area contributed by atoms with Crippen LogP contribution in [0.15, 0.2) is 34.5 Å². The van der Waals surface area contributed by atoms with Crippen LogP contribution in [0, 0.1) is 0 Å². The lowest BCUT2D eigenvalue weighted by Gasteiger charge is -2.15. The number of hydrogen-bond donors (Lipinski definition) is 1. The first-order valence-corrected chi connectivity index (χ1v) is 9.35. The maximum Gasteiger partial charge on any atom is 0.183 e. The molecule has 2 aromatic rings. The summed E-state index contributed by atoms with van der Waals surface area (Å²) in [6.07, 6.45) is 0. The molecule has 1 aliphatic rings. The first-order valence-electron chi connectivity index (χ1n) is 6.81. The molecule has 0 saturated heterocycles. The zero-order chi connectivity index (χ0) is 15.3. The SMILES string of the molecule is CC(C)(C)c1csc(NC2CS(=O)(=O)c3ccccc32)n1. The Hall–Kier alpha value is -1.40. The van der Waals surface area contributed by atoms with Crippen molar-refractivity contribution in [2.45, 2.75) is 37.1 Å². The molecule has 0 spiro atoms. The minimum absolute atomic E-state index is 0.00388. The van der Waals surface area contributed by atoms with Gasteiger partial charge in [-0.25, -0.2) is 13.4 Å². The van der Waals surface area contributed by atoms with E-state index < -0.39 is 9.84 Å². The Bertz CT molecular complexity index is 773. The summed E-state index contributed by atoms with van der Waals surface area (Å²) in [6.45, 7) is 6.34. The lowest BCUT2D eigenvalue weighted by atomic mass is 9.93. The van der Waals surface area contributed by atoms with Crippen molar-refractivity contribution in [1.29, 1.82) is 0 Å². The summed E-state index contributed by atoms with van der Waals surface area (Å²) in [7, 11) is -3.18. The lowest BCUT2D eigenvalue weighted by Crippen LogP contribution is -2.14. The molecule has 1 aromatic carbocycles. The summed E-state index contributed by atoms with van der Waals surface area (Å²) in [4.78, 5) is 5.02. The zero-order valence-corrected chi connectivity index (χ0v) is 13.9. The molecule has 1 N–H and O–H groups in total. The zero-order valence-electron chi connectivity index (χ0n) is 12.3. The van der Waals surface area contributed by atoms with Crippen LogP contribution < -0.4 is 5.32 Å². The molecule has 1 aromatic heterocycles. The van der Waals surface area contributed by atoms with Crippen molar-refractivity contribution in [3.63, 3.8) is 0 Å². The van der Waals surface area contributed by atoms with Gasteiger partial charge in [0.15, 0.2) is 15.0 Å². The predicted molar refractivity (Wildman–Crippen MR) is 85.7 cm³/mol. The summed E-state index contributed by atoms with van der Waals surface area (Å²) < 4.78 is 24.3. The number of fused-ring (bicyclic) bond motifs is 1. The summed E-state index contributed by atoms with van der Waals surface area (Å²) in [5.41, 5.74) is 1.85. The van der Waals surface area contributed by atoms with E-state index in [0.717, 1.165) is 16.4 Å². The molecule has 0 bridgehead atoms. The number of hydrogen-bond acceptors (Lipinski definition) is 5. The van der Waals surface area contributed by atoms with Crippen molar-refractivity contribution in [2.75, 3.05) is 11.1 Å². The summed E-state index contributed by atoms with van der Waals surface area (Å²) in [5, 5.41) is 6.07. The van der Waals surface area contributed by atoms with E-state index in [1.54, 1.807) is 12.1 Å². The van der Waals surface area contributed by atoms with Crippen LogP contribution in [0.3, 0.4) is 0 Å². The molecule has 6 heteroatoms. The number of aromatic nitrogens is 1. The van der Waals surface area contributed by atoms with Crippen LogP contribution in [0.4, 0.5) is 5.13 Å². The third-order valence-corrected chi connectivity index (χ3v) is 6.17. The van der Waals surface area contributed by atoms with Gasteiger partial charge >= 0.3 is 0 Å². The molecule has 112 valence electrons. The third kappa shape index (κ3) is 2.70. The molecule has 1 atom stereocenters. The molecule has 1 aliphatic heterocycles. The fraction of sp³-hybridized carbons (Fsp3) is 0.400. The van der Waals surface area contributed by atoms with Crippen molar-refractivity contribution < 1.29 is 8.42 Å². The Morgan fingerprint density at radius 3 is 2.67 bits per heavy atom. The van der Waals surface area contributed by atoms with Gasteiger partial charge in [0.05, 0.1) is 22.4 Å². The number of nitrogens with one attached hydrogen (secondary N) is 1. The average molecular weight is 322 g/mol. The molecule has 0 radical (unpaired) electrons. The smallest absolute Gasteiger partial charge is 0.183 e. The van der Waals surface area contributed by atoms with E-state index in [0.29, 0.717) is 4.90 Å². The fourth-order valence-electron chi connectivity index (χ4n) is 2.40. The second-order valence-corrected chi connectivity index (χ2v) is 9.16. The van der Waals surface area contributed by atoms with E-state index in [-0.39, 0.29) is 17.2 Å². The van der Waals surface area contributed by atoms with E-state index in [1.807, 2.05) is 17.5 Å². The maximum atomic E-state index is 12.2. The minimum atomic E-state index is -3.18. The topological polar surface area (TPSA) is 59.1 Å². The van der Waals surface area contributed by atoms with E-state index in [9.17, 15) is 8.42 Å². The van der Waals surface area contributed by atoms with Gasteiger partial charge in [0.25, 0.3) is 0 Å². The number of benzene rings is 1. The first kappa shape index (κ1) is 14.5. The molecule has 1 unspecified atom stereocenters. The van der Waals surface area contributed by atoms with Gasteiger partial charge < -0.3 is 5.32 Å². The van der Waals surface area contributed by atoms with E-state index in [4.69, 9.17) is 0 Å². The quantitative estimate of drug-likeness (QED) is 0.921. The molecule has 2 heterocycles. The molecule has 0 fully saturated rings. The van der Waals surface area contributed by atoms with Crippen LogP contribution >= 0.6 is 11.3 Å². The van der Waals surface area contributed by atoms with Crippen LogP contribution in [-0.2, 0) is 15.3 Å². The largest absolute Gasteiger partial charge is 0.354 e. The Labute approximate surface area is 129 Å². The molecule has 21 heavy (non-hydrogen) atoms. The molecule has 0 amide bonds. The van der Waals surface area contributed by atoms with Gasteiger partial charge in [0.2, 0.25) is 0 Å². The van der Waals surface area contributed by atoms with Crippen LogP contribution in [0.25, 0.3) is 0 Å². The van der Waals surface area contributed by atoms with Gasteiger partial charge in [-0.15, -0.1) is 11.3 Å². The fourth-order valence-corrected chi connectivity index (χ4v) is 5.13. The van der Waals surface area contributed by atoms with Crippen LogP contribution in [0.1, 0.15) is 38.1 Å². The number of sulfone groups is 1. The summed E-state index contributed by atoms with van der Waals surface area (Å²) >= 11 is 1.52. The predicted octanol–water partition coefficient (Wildman–Crippen LogP) is 3.38. The molecular formula is C15H18N2O2S2. The van der Waals surface area contributed by atoms with Crippen LogP contribution in [0.2, 0.25) is 0 Å². The molecule has 0 aliphatic carbocycles. The molecule has 4 nitrogen and oxygen atoms in total. The Morgan fingerprint density at radius 2 is 2.00 bits per heavy atom. The highest BCUT2D eigenvalue weighted by atomic mass is 32.2. The van der Waals surface area contributed by atoms with Gasteiger partial charge in [-0.2, -0.15) is 0 Å². The van der Waals surface area contributed by atoms with E-state index in [1.165, 1.54) is 11.3 Å². The number of thiazole rings is 1. The second kappa shape index (κ2) is 4.81. The minimum Gasteiger partial charge on any atom is -0.354 e. The highest BCUT2D eigenvalue weighted by molar-refractivity contribution is 7.91. The third-order valence-electron chi connectivity index (χ3n) is 3.59. The highest BCUT2D eigenvalue weighted by Gasteiger charge is 2.34. The molecule has 0 saturated carbocycles. The first-order chi connectivity index (χ1) is 9.77. The second-order valence-electron chi connectivity index (χ2n) is 6.30. The van der Waals surface area contributed by atoms with Crippen molar-refractivity contribution in [2.24, 2.45) is 0 Å². The highest BCUT2D eigenvalue weighted by Crippen LogP contribution is 2.36. The maximum absolute atomic E-state index is 12.2. The van der Waals surface area contributed by atoms with Gasteiger partial charge in [0.1, 0.15) is 0 Å². The van der Waals surface area contributed by atoms with Gasteiger partial charge in [-0.1, -0.05) is 39.0 Å². The Morgan fingerprint density at radius 1 is 1.29 bits per heavy atom. The number of rotatable bonds is 2. The van der Waals surface area contributed by atoms with Gasteiger partial charge in [-0.3, -0.25) is 0 Å². The van der Waals surface area contributed by atoms with E-state index in [2.05, 4.69) is 31.1 Å². The molecular weight excluding hydrogens is 304 g/mol. The van der Waals surface area contributed by atoms with Crippen molar-refractivity contribution in [3.8, 4) is 0 Å². The van der Waals surface area contributed by atoms with Crippen molar-refractivity contribution in [1.82, 2.24) is 4.98 Å². The van der Waals surface area contributed by atoms with Crippen LogP contribution in [0.5, 0.6) is 0 Å². The summed E-state index contributed by atoms with van der Waals surface area (Å²) in [6, 6.07) is 6.96. The average Bonchev–Trinajstić information content (AvgIpc) is 2.94. The number of nitrogens with zero attached hydrogens (tertiary/aromatic N) is 1. The lowest BCUT2D eigenvalue weighted by molar-refractivity contribution is 0.573. The van der Waals surface area contributed by atoms with Gasteiger partial charge in [0, 0.05) is 10.8 Å². The standard InChI is InChI=1S/C15H18N2O2S2/c1-15(2,3)13-8-20-14(17-13)16-11-9-21(18,19)12-7-5-4-6-10(11)12/h4-8,11H,9H2,1-3H3,(H,16,17). The van der Waals surface area contributed by atoms with E-state index >= 15 is 0 Å².